The van der Waals surface area contributed by atoms with Crippen LogP contribution in [-0.2, 0) is 13.0 Å². The van der Waals surface area contributed by atoms with E-state index < -0.39 is 0 Å². The lowest BCUT2D eigenvalue weighted by Gasteiger charge is -2.26. The zero-order chi connectivity index (χ0) is 14.7. The molecular weight excluding hydrogens is 264 g/mol. The van der Waals surface area contributed by atoms with E-state index in [1.165, 1.54) is 24.8 Å². The second-order valence-corrected chi connectivity index (χ2v) is 5.97. The fourth-order valence-corrected chi connectivity index (χ4v) is 3.19. The number of hydrogen-bond donors (Lipinski definition) is 0. The van der Waals surface area contributed by atoms with Gasteiger partial charge in [0, 0.05) is 13.1 Å². The van der Waals surface area contributed by atoms with Crippen molar-refractivity contribution in [2.75, 3.05) is 19.6 Å². The van der Waals surface area contributed by atoms with Crippen molar-refractivity contribution in [3.63, 3.8) is 0 Å². The topological polar surface area (TPSA) is 38.4 Å². The van der Waals surface area contributed by atoms with E-state index in [-0.39, 0.29) is 5.76 Å². The summed E-state index contributed by atoms with van der Waals surface area (Å²) < 4.78 is 7.19. The van der Waals surface area contributed by atoms with Gasteiger partial charge in [0.1, 0.15) is 0 Å². The number of aryl methyl sites for hydroxylation is 1. The fraction of sp³-hybridized carbons (Fsp3) is 0.588. The molecule has 0 amide bonds. The lowest BCUT2D eigenvalue weighted by atomic mass is 10.1. The summed E-state index contributed by atoms with van der Waals surface area (Å²) in [6.45, 7) is 6.13. The molecule has 1 fully saturated rings. The first-order chi connectivity index (χ1) is 10.3. The molecule has 1 aliphatic heterocycles. The van der Waals surface area contributed by atoms with Crippen LogP contribution in [0, 0.1) is 0 Å². The van der Waals surface area contributed by atoms with Crippen LogP contribution >= 0.6 is 0 Å². The number of fused-ring (bicyclic) bond motifs is 1. The summed E-state index contributed by atoms with van der Waals surface area (Å²) in [4.78, 5) is 14.5. The highest BCUT2D eigenvalue weighted by Crippen LogP contribution is 2.17. The first-order valence-corrected chi connectivity index (χ1v) is 8.12. The maximum atomic E-state index is 12.1. The predicted octanol–water partition coefficient (Wildman–Crippen LogP) is 3.03. The molecule has 2 heterocycles. The normalized spacial score (nSPS) is 16.6. The van der Waals surface area contributed by atoms with Crippen molar-refractivity contribution in [3.8, 4) is 0 Å². The molecule has 1 aliphatic rings. The molecule has 0 radical (unpaired) electrons. The van der Waals surface area contributed by atoms with E-state index in [4.69, 9.17) is 4.42 Å². The maximum absolute atomic E-state index is 12.1. The van der Waals surface area contributed by atoms with Crippen LogP contribution in [0.2, 0.25) is 0 Å². The van der Waals surface area contributed by atoms with E-state index in [0.29, 0.717) is 0 Å². The Morgan fingerprint density at radius 2 is 1.95 bits per heavy atom. The van der Waals surface area contributed by atoms with Crippen LogP contribution in [0.5, 0.6) is 0 Å². The van der Waals surface area contributed by atoms with E-state index in [9.17, 15) is 4.79 Å². The lowest BCUT2D eigenvalue weighted by molar-refractivity contribution is 0.219. The fourth-order valence-electron chi connectivity index (χ4n) is 3.19. The molecule has 0 aliphatic carbocycles. The summed E-state index contributed by atoms with van der Waals surface area (Å²) in [5.74, 6) is -0.226. The molecule has 21 heavy (non-hydrogen) atoms. The van der Waals surface area contributed by atoms with Gasteiger partial charge < -0.3 is 9.32 Å². The molecule has 0 N–H and O–H groups in total. The highest BCUT2D eigenvalue weighted by atomic mass is 16.4. The van der Waals surface area contributed by atoms with Crippen molar-refractivity contribution < 1.29 is 4.42 Å². The van der Waals surface area contributed by atoms with E-state index in [1.54, 1.807) is 4.57 Å². The first kappa shape index (κ1) is 14.4. The van der Waals surface area contributed by atoms with Gasteiger partial charge in [0.25, 0.3) is 0 Å². The molecule has 3 rings (SSSR count). The molecule has 0 unspecified atom stereocenters. The molecule has 1 aromatic carbocycles. The quantitative estimate of drug-likeness (QED) is 0.849. The zero-order valence-electron chi connectivity index (χ0n) is 12.8. The van der Waals surface area contributed by atoms with Gasteiger partial charge >= 0.3 is 5.76 Å². The van der Waals surface area contributed by atoms with Crippen molar-refractivity contribution in [1.29, 1.82) is 0 Å². The Morgan fingerprint density at radius 3 is 2.71 bits per heavy atom. The number of aromatic nitrogens is 1. The van der Waals surface area contributed by atoms with Gasteiger partial charge in [-0.3, -0.25) is 4.57 Å². The second kappa shape index (κ2) is 6.48. The van der Waals surface area contributed by atoms with Crippen LogP contribution in [0.3, 0.4) is 0 Å². The zero-order valence-corrected chi connectivity index (χ0v) is 12.8. The third kappa shape index (κ3) is 3.21. The molecule has 1 saturated heterocycles. The Balaban J connectivity index is 1.78. The van der Waals surface area contributed by atoms with Gasteiger partial charge in [-0.25, -0.2) is 4.79 Å². The Labute approximate surface area is 125 Å². The maximum Gasteiger partial charge on any atom is 0.419 e. The minimum atomic E-state index is -0.226. The Morgan fingerprint density at radius 1 is 1.14 bits per heavy atom. The predicted molar refractivity (Wildman–Crippen MR) is 84.8 cm³/mol. The van der Waals surface area contributed by atoms with Gasteiger partial charge in [-0.15, -0.1) is 0 Å². The van der Waals surface area contributed by atoms with Gasteiger partial charge in [0.2, 0.25) is 0 Å². The van der Waals surface area contributed by atoms with E-state index in [0.717, 1.165) is 50.1 Å². The number of hydrogen-bond acceptors (Lipinski definition) is 3. The third-order valence-corrected chi connectivity index (χ3v) is 4.36. The Bertz CT molecular complexity index is 650. The SMILES string of the molecule is CCCc1ccc2c(c1)oc(=O)n2CCN1CCCCC1. The second-order valence-electron chi connectivity index (χ2n) is 5.97. The molecule has 4 heteroatoms. The van der Waals surface area contributed by atoms with Crippen molar-refractivity contribution in [2.45, 2.75) is 45.6 Å². The number of rotatable bonds is 5. The summed E-state index contributed by atoms with van der Waals surface area (Å²) in [5.41, 5.74) is 2.89. The highest BCUT2D eigenvalue weighted by molar-refractivity contribution is 5.73. The van der Waals surface area contributed by atoms with Gasteiger partial charge in [0.05, 0.1) is 5.52 Å². The number of benzene rings is 1. The molecule has 114 valence electrons. The Hall–Kier alpha value is -1.55. The largest absolute Gasteiger partial charge is 0.419 e. The van der Waals surface area contributed by atoms with Crippen molar-refractivity contribution in [1.82, 2.24) is 9.47 Å². The summed E-state index contributed by atoms with van der Waals surface area (Å²) in [6, 6.07) is 6.15. The smallest absolute Gasteiger partial charge is 0.408 e. The highest BCUT2D eigenvalue weighted by Gasteiger charge is 2.13. The summed E-state index contributed by atoms with van der Waals surface area (Å²) in [7, 11) is 0. The number of nitrogens with zero attached hydrogens (tertiary/aromatic N) is 2. The molecule has 0 bridgehead atoms. The van der Waals surface area contributed by atoms with Crippen LogP contribution < -0.4 is 5.76 Å². The minimum Gasteiger partial charge on any atom is -0.408 e. The molecular formula is C17H24N2O2. The number of likely N-dealkylation sites (tertiary alicyclic amines) is 1. The van der Waals surface area contributed by atoms with Crippen molar-refractivity contribution in [3.05, 3.63) is 34.3 Å². The average Bonchev–Trinajstić information content (AvgIpc) is 2.81. The Kier molecular flexibility index (Phi) is 4.44. The number of piperidine rings is 1. The van der Waals surface area contributed by atoms with Crippen LogP contribution in [-0.4, -0.2) is 29.1 Å². The molecule has 4 nitrogen and oxygen atoms in total. The number of oxazole rings is 1. The van der Waals surface area contributed by atoms with E-state index in [2.05, 4.69) is 17.9 Å². The van der Waals surface area contributed by atoms with Crippen molar-refractivity contribution >= 4 is 11.1 Å². The molecule has 1 aromatic heterocycles. The van der Waals surface area contributed by atoms with Gasteiger partial charge in [-0.1, -0.05) is 25.8 Å². The summed E-state index contributed by atoms with van der Waals surface area (Å²) in [6.07, 6.45) is 6.03. The molecule has 0 atom stereocenters. The van der Waals surface area contributed by atoms with Gasteiger partial charge in [0.15, 0.2) is 5.58 Å². The summed E-state index contributed by atoms with van der Waals surface area (Å²) in [5, 5.41) is 0. The lowest BCUT2D eigenvalue weighted by Crippen LogP contribution is -2.33. The van der Waals surface area contributed by atoms with Crippen LogP contribution in [0.25, 0.3) is 11.1 Å². The minimum absolute atomic E-state index is 0.226. The van der Waals surface area contributed by atoms with E-state index in [1.807, 2.05) is 12.1 Å². The monoisotopic (exact) mass is 288 g/mol. The van der Waals surface area contributed by atoms with E-state index >= 15 is 0 Å². The van der Waals surface area contributed by atoms with Crippen molar-refractivity contribution in [2.24, 2.45) is 0 Å². The molecule has 0 spiro atoms. The van der Waals surface area contributed by atoms with Gasteiger partial charge in [-0.2, -0.15) is 0 Å². The molecule has 2 aromatic rings. The van der Waals surface area contributed by atoms with Crippen LogP contribution in [0.15, 0.2) is 27.4 Å². The van der Waals surface area contributed by atoms with Crippen LogP contribution in [0.1, 0.15) is 38.2 Å². The standard InChI is InChI=1S/C17H24N2O2/c1-2-6-14-7-8-15-16(13-14)21-17(20)19(15)12-11-18-9-4-3-5-10-18/h7-8,13H,2-6,9-12H2,1H3. The first-order valence-electron chi connectivity index (χ1n) is 8.12. The van der Waals surface area contributed by atoms with Gasteiger partial charge in [-0.05, 0) is 50.0 Å². The third-order valence-electron chi connectivity index (χ3n) is 4.36. The summed E-state index contributed by atoms with van der Waals surface area (Å²) >= 11 is 0. The average molecular weight is 288 g/mol. The molecule has 0 saturated carbocycles. The van der Waals surface area contributed by atoms with Crippen LogP contribution in [0.4, 0.5) is 0 Å².